The summed E-state index contributed by atoms with van der Waals surface area (Å²) in [5.74, 6) is -0.603. The third-order valence-corrected chi connectivity index (χ3v) is 6.81. The number of carbonyl (C=O) groups is 2. The maximum atomic E-state index is 12.6. The lowest BCUT2D eigenvalue weighted by atomic mass is 10.2. The fourth-order valence-electron chi connectivity index (χ4n) is 3.43. The van der Waals surface area contributed by atoms with Crippen molar-refractivity contribution in [1.29, 1.82) is 0 Å². The van der Waals surface area contributed by atoms with Crippen LogP contribution in [0.3, 0.4) is 0 Å². The van der Waals surface area contributed by atoms with Gasteiger partial charge in [-0.2, -0.15) is 0 Å². The second-order valence-corrected chi connectivity index (χ2v) is 9.43. The van der Waals surface area contributed by atoms with E-state index in [9.17, 15) is 14.7 Å². The van der Waals surface area contributed by atoms with Crippen LogP contribution in [0.25, 0.3) is 0 Å². The Kier molecular flexibility index (Phi) is 7.44. The predicted octanol–water partition coefficient (Wildman–Crippen LogP) is 3.44. The van der Waals surface area contributed by atoms with Crippen molar-refractivity contribution in [3.05, 3.63) is 73.9 Å². The summed E-state index contributed by atoms with van der Waals surface area (Å²) < 4.78 is 0. The van der Waals surface area contributed by atoms with Gasteiger partial charge in [0.1, 0.15) is 15.6 Å². The van der Waals surface area contributed by atoms with Gasteiger partial charge in [0.25, 0.3) is 11.8 Å². The van der Waals surface area contributed by atoms with Crippen LogP contribution >= 0.6 is 34.5 Å². The van der Waals surface area contributed by atoms with Gasteiger partial charge >= 0.3 is 0 Å². The van der Waals surface area contributed by atoms with Crippen molar-refractivity contribution in [2.45, 2.75) is 13.1 Å². The second-order valence-electron chi connectivity index (χ2n) is 7.48. The Morgan fingerprint density at radius 1 is 1.12 bits per heavy atom. The number of aromatic nitrogens is 2. The van der Waals surface area contributed by atoms with E-state index in [1.54, 1.807) is 35.4 Å². The molecule has 3 heterocycles. The molecule has 0 unspecified atom stereocenters. The zero-order valence-electron chi connectivity index (χ0n) is 17.5. The van der Waals surface area contributed by atoms with E-state index in [0.29, 0.717) is 54.2 Å². The van der Waals surface area contributed by atoms with Crippen LogP contribution in [-0.2, 0) is 13.1 Å². The van der Waals surface area contributed by atoms with Crippen LogP contribution in [-0.4, -0.2) is 62.9 Å². The summed E-state index contributed by atoms with van der Waals surface area (Å²) >= 11 is 13.4. The monoisotopic (exact) mass is 505 g/mol. The molecule has 2 N–H and O–H groups in total. The SMILES string of the molecule is O=C(NCc1ccc(Cl)cc1Cl)c1cnc(CN2CCN(C(=O)c3ncccc3O)CC2)s1. The molecule has 2 amide bonds. The summed E-state index contributed by atoms with van der Waals surface area (Å²) in [4.78, 5) is 37.8. The first-order valence-corrected chi connectivity index (χ1v) is 11.8. The minimum absolute atomic E-state index is 0.0708. The maximum absolute atomic E-state index is 12.6. The molecule has 8 nitrogen and oxygen atoms in total. The van der Waals surface area contributed by atoms with Crippen molar-refractivity contribution in [3.8, 4) is 5.75 Å². The summed E-state index contributed by atoms with van der Waals surface area (Å²) in [6, 6.07) is 8.19. The summed E-state index contributed by atoms with van der Waals surface area (Å²) in [6.45, 7) is 3.26. The molecule has 0 bridgehead atoms. The second kappa shape index (κ2) is 10.5. The standard InChI is InChI=1S/C22H21Cl2N5O3S/c23-15-4-3-14(16(24)10-15)11-27-21(31)18-12-26-19(33-18)13-28-6-8-29(9-7-28)22(32)20-17(30)2-1-5-25-20/h1-5,10,12,30H,6-9,11,13H2,(H,27,31). The highest BCUT2D eigenvalue weighted by Gasteiger charge is 2.25. The quantitative estimate of drug-likeness (QED) is 0.532. The highest BCUT2D eigenvalue weighted by molar-refractivity contribution is 7.13. The van der Waals surface area contributed by atoms with Gasteiger partial charge in [0, 0.05) is 49.0 Å². The number of halogens is 2. The van der Waals surface area contributed by atoms with Gasteiger partial charge in [-0.15, -0.1) is 11.3 Å². The van der Waals surface area contributed by atoms with Gasteiger partial charge in [-0.1, -0.05) is 29.3 Å². The van der Waals surface area contributed by atoms with Gasteiger partial charge in [-0.05, 0) is 29.8 Å². The topological polar surface area (TPSA) is 98.7 Å². The van der Waals surface area contributed by atoms with Crippen molar-refractivity contribution < 1.29 is 14.7 Å². The Morgan fingerprint density at radius 2 is 1.91 bits per heavy atom. The van der Waals surface area contributed by atoms with Crippen LogP contribution in [0.1, 0.15) is 30.7 Å². The summed E-state index contributed by atoms with van der Waals surface area (Å²) in [5, 5.41) is 14.6. The van der Waals surface area contributed by atoms with E-state index in [-0.39, 0.29) is 23.3 Å². The van der Waals surface area contributed by atoms with E-state index in [0.717, 1.165) is 10.6 Å². The number of hydrogen-bond donors (Lipinski definition) is 2. The van der Waals surface area contributed by atoms with E-state index in [1.807, 2.05) is 0 Å². The molecule has 1 aromatic carbocycles. The molecular formula is C22H21Cl2N5O3S. The molecule has 1 aliphatic rings. The number of aromatic hydroxyl groups is 1. The lowest BCUT2D eigenvalue weighted by Crippen LogP contribution is -2.48. The lowest BCUT2D eigenvalue weighted by Gasteiger charge is -2.34. The molecule has 0 aliphatic carbocycles. The smallest absolute Gasteiger partial charge is 0.276 e. The predicted molar refractivity (Wildman–Crippen MR) is 127 cm³/mol. The Bertz CT molecular complexity index is 1160. The van der Waals surface area contributed by atoms with E-state index >= 15 is 0 Å². The Morgan fingerprint density at radius 3 is 2.64 bits per heavy atom. The van der Waals surface area contributed by atoms with Crippen LogP contribution in [0.15, 0.2) is 42.7 Å². The molecule has 3 aromatic rings. The van der Waals surface area contributed by atoms with Crippen LogP contribution in [0.2, 0.25) is 10.0 Å². The molecule has 1 saturated heterocycles. The molecule has 0 spiro atoms. The van der Waals surface area contributed by atoms with Crippen molar-refractivity contribution >= 4 is 46.4 Å². The number of piperazine rings is 1. The number of nitrogens with zero attached hydrogens (tertiary/aromatic N) is 4. The van der Waals surface area contributed by atoms with Crippen molar-refractivity contribution in [1.82, 2.24) is 25.1 Å². The zero-order chi connectivity index (χ0) is 23.4. The van der Waals surface area contributed by atoms with Crippen molar-refractivity contribution in [3.63, 3.8) is 0 Å². The highest BCUT2D eigenvalue weighted by atomic mass is 35.5. The van der Waals surface area contributed by atoms with Crippen LogP contribution in [0.4, 0.5) is 0 Å². The first kappa shape index (κ1) is 23.4. The highest BCUT2D eigenvalue weighted by Crippen LogP contribution is 2.22. The largest absolute Gasteiger partial charge is 0.505 e. The van der Waals surface area contributed by atoms with Crippen LogP contribution in [0.5, 0.6) is 5.75 Å². The van der Waals surface area contributed by atoms with Gasteiger partial charge in [0.15, 0.2) is 5.69 Å². The number of amides is 2. The molecule has 1 fully saturated rings. The number of pyridine rings is 1. The molecule has 0 saturated carbocycles. The molecular weight excluding hydrogens is 485 g/mol. The van der Waals surface area contributed by atoms with E-state index < -0.39 is 0 Å². The van der Waals surface area contributed by atoms with E-state index in [2.05, 4.69) is 20.2 Å². The molecule has 11 heteroatoms. The van der Waals surface area contributed by atoms with Gasteiger partial charge < -0.3 is 15.3 Å². The van der Waals surface area contributed by atoms with E-state index in [4.69, 9.17) is 23.2 Å². The Balaban J connectivity index is 1.27. The molecule has 172 valence electrons. The van der Waals surface area contributed by atoms with Gasteiger partial charge in [-0.25, -0.2) is 9.97 Å². The third-order valence-electron chi connectivity index (χ3n) is 5.24. The average Bonchev–Trinajstić information content (AvgIpc) is 3.27. The van der Waals surface area contributed by atoms with Crippen molar-refractivity contribution in [2.75, 3.05) is 26.2 Å². The van der Waals surface area contributed by atoms with Crippen LogP contribution < -0.4 is 5.32 Å². The maximum Gasteiger partial charge on any atom is 0.276 e. The number of nitrogens with one attached hydrogen (secondary N) is 1. The molecule has 1 aliphatic heterocycles. The van der Waals surface area contributed by atoms with Gasteiger partial charge in [0.2, 0.25) is 0 Å². The first-order chi connectivity index (χ1) is 15.9. The number of benzene rings is 1. The molecule has 2 aromatic heterocycles. The average molecular weight is 506 g/mol. The lowest BCUT2D eigenvalue weighted by molar-refractivity contribution is 0.0619. The zero-order valence-corrected chi connectivity index (χ0v) is 19.8. The number of carbonyl (C=O) groups excluding carboxylic acids is 2. The number of hydrogen-bond acceptors (Lipinski definition) is 7. The molecule has 0 atom stereocenters. The fraction of sp³-hybridized carbons (Fsp3) is 0.273. The number of thiazole rings is 1. The molecule has 0 radical (unpaired) electrons. The summed E-state index contributed by atoms with van der Waals surface area (Å²) in [7, 11) is 0. The van der Waals surface area contributed by atoms with Crippen molar-refractivity contribution in [2.24, 2.45) is 0 Å². The van der Waals surface area contributed by atoms with Gasteiger partial charge in [0.05, 0.1) is 12.7 Å². The normalized spacial score (nSPS) is 14.3. The minimum atomic E-state index is -0.276. The van der Waals surface area contributed by atoms with Gasteiger partial charge in [-0.3, -0.25) is 14.5 Å². The summed E-state index contributed by atoms with van der Waals surface area (Å²) in [5.41, 5.74) is 0.854. The fourth-order valence-corrected chi connectivity index (χ4v) is 4.78. The Hall–Kier alpha value is -2.72. The minimum Gasteiger partial charge on any atom is -0.505 e. The number of rotatable bonds is 6. The first-order valence-electron chi connectivity index (χ1n) is 10.2. The van der Waals surface area contributed by atoms with E-state index in [1.165, 1.54) is 23.6 Å². The molecule has 4 rings (SSSR count). The van der Waals surface area contributed by atoms with Crippen LogP contribution in [0, 0.1) is 0 Å². The Labute approximate surface area is 204 Å². The summed E-state index contributed by atoms with van der Waals surface area (Å²) in [6.07, 6.45) is 3.06. The molecule has 33 heavy (non-hydrogen) atoms. The third kappa shape index (κ3) is 5.80.